The highest BCUT2D eigenvalue weighted by atomic mass is 32.2. The lowest BCUT2D eigenvalue weighted by Crippen LogP contribution is -2.18. The molecule has 0 fully saturated rings. The summed E-state index contributed by atoms with van der Waals surface area (Å²) in [5.41, 5.74) is -0.901. The summed E-state index contributed by atoms with van der Waals surface area (Å²) in [5, 5.41) is 5.91. The van der Waals surface area contributed by atoms with Crippen LogP contribution in [-0.4, -0.2) is 25.2 Å². The van der Waals surface area contributed by atoms with E-state index in [0.29, 0.717) is 5.76 Å². The fraction of sp³-hybridized carbons (Fsp3) is 0.333. The standard InChI is InChI=1S/C15H15F3N2O4S/c1-10-7-13(20-24-10)19-14(21)5-6-25(22,23)9-11-3-2-4-12(8-11)15(16,17)18/h2-4,7-8H,5-6,9H2,1H3,(H,19,20,21). The number of aryl methyl sites for hydroxylation is 1. The van der Waals surface area contributed by atoms with E-state index in [1.54, 1.807) is 6.92 Å². The molecule has 0 spiro atoms. The first-order chi connectivity index (χ1) is 11.5. The number of anilines is 1. The quantitative estimate of drug-likeness (QED) is 0.837. The molecule has 0 aliphatic heterocycles. The minimum atomic E-state index is -4.55. The number of hydrogen-bond acceptors (Lipinski definition) is 5. The number of aromatic nitrogens is 1. The van der Waals surface area contributed by atoms with Crippen molar-refractivity contribution in [3.05, 3.63) is 47.2 Å². The zero-order valence-corrected chi connectivity index (χ0v) is 13.9. The third-order valence-corrected chi connectivity index (χ3v) is 4.78. The van der Waals surface area contributed by atoms with E-state index >= 15 is 0 Å². The number of carbonyl (C=O) groups excluding carboxylic acids is 1. The fourth-order valence-electron chi connectivity index (χ4n) is 2.04. The molecule has 1 aromatic carbocycles. The number of hydrogen-bond donors (Lipinski definition) is 1. The van der Waals surface area contributed by atoms with Gasteiger partial charge in [0.1, 0.15) is 5.76 Å². The van der Waals surface area contributed by atoms with Gasteiger partial charge in [0.25, 0.3) is 0 Å². The van der Waals surface area contributed by atoms with Crippen LogP contribution in [0.15, 0.2) is 34.9 Å². The third kappa shape index (κ3) is 5.89. The zero-order chi connectivity index (χ0) is 18.7. The van der Waals surface area contributed by atoms with Crippen LogP contribution < -0.4 is 5.32 Å². The van der Waals surface area contributed by atoms with Crippen molar-refractivity contribution in [2.24, 2.45) is 0 Å². The second-order valence-electron chi connectivity index (χ2n) is 5.41. The average Bonchev–Trinajstić information content (AvgIpc) is 2.89. The lowest BCUT2D eigenvalue weighted by Gasteiger charge is -2.09. The molecule has 0 saturated heterocycles. The molecule has 0 aliphatic rings. The van der Waals surface area contributed by atoms with E-state index < -0.39 is 39.0 Å². The maximum atomic E-state index is 12.6. The summed E-state index contributed by atoms with van der Waals surface area (Å²) in [5.74, 6) is -1.01. The van der Waals surface area contributed by atoms with Gasteiger partial charge in [0.15, 0.2) is 15.7 Å². The maximum Gasteiger partial charge on any atom is 0.416 e. The van der Waals surface area contributed by atoms with E-state index in [-0.39, 0.29) is 17.8 Å². The summed E-state index contributed by atoms with van der Waals surface area (Å²) in [6.45, 7) is 1.63. The predicted molar refractivity (Wildman–Crippen MR) is 83.4 cm³/mol. The molecule has 25 heavy (non-hydrogen) atoms. The van der Waals surface area contributed by atoms with E-state index in [0.717, 1.165) is 18.2 Å². The van der Waals surface area contributed by atoms with Crippen molar-refractivity contribution < 1.29 is 30.9 Å². The molecular formula is C15H15F3N2O4S. The minimum absolute atomic E-state index is 0.0161. The number of amides is 1. The number of nitrogens with zero attached hydrogens (tertiary/aromatic N) is 1. The summed E-state index contributed by atoms with van der Waals surface area (Å²) in [6.07, 6.45) is -4.89. The molecule has 0 unspecified atom stereocenters. The third-order valence-electron chi connectivity index (χ3n) is 3.18. The molecule has 0 saturated carbocycles. The van der Waals surface area contributed by atoms with Crippen LogP contribution in [0.5, 0.6) is 0 Å². The number of nitrogens with one attached hydrogen (secondary N) is 1. The molecule has 2 rings (SSSR count). The Morgan fingerprint density at radius 3 is 2.60 bits per heavy atom. The van der Waals surface area contributed by atoms with Gasteiger partial charge < -0.3 is 9.84 Å². The van der Waals surface area contributed by atoms with E-state index in [1.165, 1.54) is 12.1 Å². The first-order valence-corrected chi connectivity index (χ1v) is 8.97. The van der Waals surface area contributed by atoms with Gasteiger partial charge in [-0.2, -0.15) is 13.2 Å². The molecule has 1 amide bonds. The largest absolute Gasteiger partial charge is 0.416 e. The molecule has 0 atom stereocenters. The SMILES string of the molecule is Cc1cc(NC(=O)CCS(=O)(=O)Cc2cccc(C(F)(F)F)c2)no1. The van der Waals surface area contributed by atoms with Crippen LogP contribution in [0, 0.1) is 6.92 Å². The lowest BCUT2D eigenvalue weighted by molar-refractivity contribution is -0.137. The zero-order valence-electron chi connectivity index (χ0n) is 13.1. The average molecular weight is 376 g/mol. The van der Waals surface area contributed by atoms with Crippen LogP contribution >= 0.6 is 0 Å². The number of benzene rings is 1. The number of halogens is 3. The first kappa shape index (κ1) is 19.0. The van der Waals surface area contributed by atoms with E-state index in [4.69, 9.17) is 4.52 Å². The fourth-order valence-corrected chi connectivity index (χ4v) is 3.37. The highest BCUT2D eigenvalue weighted by molar-refractivity contribution is 7.90. The van der Waals surface area contributed by atoms with Gasteiger partial charge in [0.2, 0.25) is 5.91 Å². The van der Waals surface area contributed by atoms with Crippen molar-refractivity contribution in [3.63, 3.8) is 0 Å². The van der Waals surface area contributed by atoms with E-state index in [9.17, 15) is 26.4 Å². The molecule has 6 nitrogen and oxygen atoms in total. The number of alkyl halides is 3. The molecule has 2 aromatic rings. The van der Waals surface area contributed by atoms with Crippen molar-refractivity contribution in [1.82, 2.24) is 5.16 Å². The molecule has 1 N–H and O–H groups in total. The van der Waals surface area contributed by atoms with Crippen LogP contribution in [-0.2, 0) is 26.6 Å². The Bertz CT molecular complexity index is 860. The van der Waals surface area contributed by atoms with Crippen molar-refractivity contribution in [3.8, 4) is 0 Å². The first-order valence-electron chi connectivity index (χ1n) is 7.15. The Balaban J connectivity index is 1.94. The van der Waals surface area contributed by atoms with Crippen molar-refractivity contribution in [2.75, 3.05) is 11.1 Å². The van der Waals surface area contributed by atoms with Gasteiger partial charge >= 0.3 is 6.18 Å². The predicted octanol–water partition coefficient (Wildman–Crippen LogP) is 2.95. The highest BCUT2D eigenvalue weighted by Crippen LogP contribution is 2.29. The molecule has 1 heterocycles. The van der Waals surface area contributed by atoms with Gasteiger partial charge in [-0.1, -0.05) is 23.4 Å². The van der Waals surface area contributed by atoms with Gasteiger partial charge in [0, 0.05) is 12.5 Å². The van der Waals surface area contributed by atoms with Crippen LogP contribution in [0.2, 0.25) is 0 Å². The smallest absolute Gasteiger partial charge is 0.360 e. The molecule has 0 radical (unpaired) electrons. The second-order valence-corrected chi connectivity index (χ2v) is 7.60. The molecule has 0 aliphatic carbocycles. The van der Waals surface area contributed by atoms with Crippen LogP contribution in [0.4, 0.5) is 19.0 Å². The van der Waals surface area contributed by atoms with Gasteiger partial charge in [-0.25, -0.2) is 8.42 Å². The molecular weight excluding hydrogens is 361 g/mol. The normalized spacial score (nSPS) is 12.2. The van der Waals surface area contributed by atoms with Crippen LogP contribution in [0.25, 0.3) is 0 Å². The lowest BCUT2D eigenvalue weighted by atomic mass is 10.1. The Morgan fingerprint density at radius 1 is 1.28 bits per heavy atom. The summed E-state index contributed by atoms with van der Waals surface area (Å²) < 4.78 is 66.7. The Labute approximate surface area is 141 Å². The Morgan fingerprint density at radius 2 is 2.00 bits per heavy atom. The Hall–Kier alpha value is -2.36. The molecule has 136 valence electrons. The summed E-state index contributed by atoms with van der Waals surface area (Å²) in [4.78, 5) is 11.7. The topological polar surface area (TPSA) is 89.3 Å². The van der Waals surface area contributed by atoms with Crippen LogP contribution in [0.1, 0.15) is 23.3 Å². The summed E-state index contributed by atoms with van der Waals surface area (Å²) in [6, 6.07) is 5.56. The van der Waals surface area contributed by atoms with E-state index in [2.05, 4.69) is 10.5 Å². The molecule has 0 bridgehead atoms. The van der Waals surface area contributed by atoms with Crippen molar-refractivity contribution in [2.45, 2.75) is 25.3 Å². The number of rotatable bonds is 6. The van der Waals surface area contributed by atoms with Crippen molar-refractivity contribution in [1.29, 1.82) is 0 Å². The Kier molecular flexibility index (Phi) is 5.51. The monoisotopic (exact) mass is 376 g/mol. The number of sulfone groups is 1. The summed E-state index contributed by atoms with van der Waals surface area (Å²) in [7, 11) is -3.75. The number of carbonyl (C=O) groups is 1. The van der Waals surface area contributed by atoms with E-state index in [1.807, 2.05) is 0 Å². The summed E-state index contributed by atoms with van der Waals surface area (Å²) >= 11 is 0. The van der Waals surface area contributed by atoms with Gasteiger partial charge in [-0.3, -0.25) is 4.79 Å². The van der Waals surface area contributed by atoms with Crippen LogP contribution in [0.3, 0.4) is 0 Å². The van der Waals surface area contributed by atoms with Gasteiger partial charge in [-0.15, -0.1) is 0 Å². The van der Waals surface area contributed by atoms with Gasteiger partial charge in [0.05, 0.1) is 17.1 Å². The second kappa shape index (κ2) is 7.26. The maximum absolute atomic E-state index is 12.6. The minimum Gasteiger partial charge on any atom is -0.360 e. The van der Waals surface area contributed by atoms with Gasteiger partial charge in [-0.05, 0) is 18.6 Å². The van der Waals surface area contributed by atoms with Crippen molar-refractivity contribution >= 4 is 21.6 Å². The molecule has 10 heteroatoms. The molecule has 1 aromatic heterocycles. The highest BCUT2D eigenvalue weighted by Gasteiger charge is 2.30.